The van der Waals surface area contributed by atoms with Gasteiger partial charge in [-0.3, -0.25) is 14.4 Å². The second-order valence-corrected chi connectivity index (χ2v) is 17.3. The molecule has 0 radical (unpaired) electrons. The van der Waals surface area contributed by atoms with Gasteiger partial charge in [-0.05, 0) is 158 Å². The average molecular weight is 905 g/mol. The predicted octanol–water partition coefficient (Wildman–Crippen LogP) is 11.9. The highest BCUT2D eigenvalue weighted by molar-refractivity contribution is 6.22. The molecule has 66 heavy (non-hydrogen) atoms. The maximum Gasteiger partial charge on any atom is 0.343 e. The van der Waals surface area contributed by atoms with Gasteiger partial charge in [0.15, 0.2) is 22.7 Å². The van der Waals surface area contributed by atoms with Gasteiger partial charge in [0.05, 0.1) is 0 Å². The molecule has 12 heteroatoms. The smallest absolute Gasteiger partial charge is 0.343 e. The lowest BCUT2D eigenvalue weighted by Crippen LogP contribution is -2.36. The van der Waals surface area contributed by atoms with Crippen molar-refractivity contribution in [2.45, 2.75) is 137 Å². The van der Waals surface area contributed by atoms with E-state index in [1.807, 2.05) is 52.0 Å². The summed E-state index contributed by atoms with van der Waals surface area (Å²) in [7, 11) is 0. The van der Waals surface area contributed by atoms with E-state index >= 15 is 0 Å². The van der Waals surface area contributed by atoms with Crippen LogP contribution in [-0.4, -0.2) is 46.2 Å². The van der Waals surface area contributed by atoms with Gasteiger partial charge in [-0.2, -0.15) is 0 Å². The molecule has 2 saturated carbocycles. The summed E-state index contributed by atoms with van der Waals surface area (Å²) in [5, 5.41) is 11.1. The Morgan fingerprint density at radius 3 is 1.36 bits per heavy atom. The van der Waals surface area contributed by atoms with Crippen LogP contribution in [0.3, 0.4) is 0 Å². The number of halogens is 2. The Morgan fingerprint density at radius 2 is 0.970 bits per heavy atom. The van der Waals surface area contributed by atoms with E-state index in [1.54, 1.807) is 24.3 Å². The fourth-order valence-electron chi connectivity index (χ4n) is 9.74. The van der Waals surface area contributed by atoms with Crippen LogP contribution in [0.2, 0.25) is 0 Å². The van der Waals surface area contributed by atoms with Gasteiger partial charge in [0, 0.05) is 20.8 Å². The van der Waals surface area contributed by atoms with Crippen molar-refractivity contribution >= 4 is 41.0 Å². The SMILES string of the molecule is CC(=O)OC(C)=O.CCc1ccc(-c2ccc(F)cc2)c(C)c1C1=C(O)C2(CCCCC2)OC1=O.CCc1ccc(-c2ccc(F)cc2)c(C)c1C1=C(OC(C)=O)C2(CCCCC2)OC1=O. The molecule has 2 aliphatic heterocycles. The number of aryl methyl sites for hydroxylation is 2. The Morgan fingerprint density at radius 1 is 0.576 bits per heavy atom. The molecular formula is C54H58F2O10. The van der Waals surface area contributed by atoms with Crippen LogP contribution in [-0.2, 0) is 55.8 Å². The third kappa shape index (κ3) is 10.3. The second-order valence-electron chi connectivity index (χ2n) is 17.3. The maximum absolute atomic E-state index is 13.5. The fraction of sp³-hybridized carbons (Fsp3) is 0.389. The van der Waals surface area contributed by atoms with Crippen molar-refractivity contribution in [1.29, 1.82) is 0 Å². The van der Waals surface area contributed by atoms with Crippen molar-refractivity contribution in [2.75, 3.05) is 0 Å². The third-order valence-corrected chi connectivity index (χ3v) is 12.8. The normalized spacial score (nSPS) is 17.0. The maximum atomic E-state index is 13.5. The third-order valence-electron chi connectivity index (χ3n) is 12.8. The van der Waals surface area contributed by atoms with Crippen LogP contribution in [0.1, 0.15) is 132 Å². The summed E-state index contributed by atoms with van der Waals surface area (Å²) in [6, 6.07) is 20.6. The van der Waals surface area contributed by atoms with E-state index in [1.165, 1.54) is 45.0 Å². The average Bonchev–Trinajstić information content (AvgIpc) is 3.66. The zero-order valence-corrected chi connectivity index (χ0v) is 38.8. The Kier molecular flexibility index (Phi) is 15.5. The molecule has 0 saturated heterocycles. The Labute approximate surface area is 385 Å². The van der Waals surface area contributed by atoms with Crippen LogP contribution >= 0.6 is 0 Å². The molecule has 1 N–H and O–H groups in total. The summed E-state index contributed by atoms with van der Waals surface area (Å²) in [4.78, 5) is 57.7. The van der Waals surface area contributed by atoms with Crippen molar-refractivity contribution in [2.24, 2.45) is 0 Å². The van der Waals surface area contributed by atoms with Crippen LogP contribution in [0, 0.1) is 25.5 Å². The lowest BCUT2D eigenvalue weighted by Gasteiger charge is -2.33. The summed E-state index contributed by atoms with van der Waals surface area (Å²) >= 11 is 0. The van der Waals surface area contributed by atoms with E-state index in [0.717, 1.165) is 101 Å². The molecule has 2 fully saturated rings. The van der Waals surface area contributed by atoms with Crippen LogP contribution < -0.4 is 0 Å². The summed E-state index contributed by atoms with van der Waals surface area (Å²) in [6.07, 6.45) is 9.99. The minimum absolute atomic E-state index is 0.0891. The summed E-state index contributed by atoms with van der Waals surface area (Å²) < 4.78 is 48.2. The molecule has 8 rings (SSSR count). The van der Waals surface area contributed by atoms with E-state index < -0.39 is 41.0 Å². The van der Waals surface area contributed by atoms with Gasteiger partial charge in [-0.25, -0.2) is 18.4 Å². The molecule has 2 heterocycles. The summed E-state index contributed by atoms with van der Waals surface area (Å²) in [5.41, 5.74) is 7.78. The summed E-state index contributed by atoms with van der Waals surface area (Å²) in [6.45, 7) is 11.7. The monoisotopic (exact) mass is 904 g/mol. The van der Waals surface area contributed by atoms with Crippen LogP contribution in [0.15, 0.2) is 84.3 Å². The number of rotatable bonds is 7. The molecule has 2 spiro atoms. The van der Waals surface area contributed by atoms with Crippen LogP contribution in [0.25, 0.3) is 33.4 Å². The Hall–Kier alpha value is -6.43. The van der Waals surface area contributed by atoms with Crippen molar-refractivity contribution in [3.8, 4) is 22.3 Å². The molecule has 0 unspecified atom stereocenters. The van der Waals surface area contributed by atoms with Crippen molar-refractivity contribution in [1.82, 2.24) is 0 Å². The van der Waals surface area contributed by atoms with Crippen LogP contribution in [0.5, 0.6) is 0 Å². The molecule has 4 aliphatic rings. The number of carbonyl (C=O) groups is 5. The Bertz CT molecular complexity index is 2560. The molecule has 0 amide bonds. The zero-order chi connectivity index (χ0) is 47.9. The summed E-state index contributed by atoms with van der Waals surface area (Å²) in [5.74, 6) is -2.59. The van der Waals surface area contributed by atoms with Gasteiger partial charge in [0.2, 0.25) is 0 Å². The number of benzene rings is 4. The zero-order valence-electron chi connectivity index (χ0n) is 38.8. The highest BCUT2D eigenvalue weighted by Gasteiger charge is 2.52. The van der Waals surface area contributed by atoms with Gasteiger partial charge in [-0.15, -0.1) is 0 Å². The van der Waals surface area contributed by atoms with E-state index in [0.29, 0.717) is 49.0 Å². The fourth-order valence-corrected chi connectivity index (χ4v) is 9.74. The number of carbonyl (C=O) groups excluding carboxylic acids is 5. The highest BCUT2D eigenvalue weighted by Crippen LogP contribution is 2.50. The second kappa shape index (κ2) is 20.8. The number of hydrogen-bond donors (Lipinski definition) is 1. The molecule has 4 aromatic carbocycles. The molecule has 0 atom stereocenters. The van der Waals surface area contributed by atoms with Crippen LogP contribution in [0.4, 0.5) is 8.78 Å². The predicted molar refractivity (Wildman–Crippen MR) is 246 cm³/mol. The number of esters is 5. The van der Waals surface area contributed by atoms with E-state index in [9.17, 15) is 37.9 Å². The molecule has 0 aromatic heterocycles. The standard InChI is InChI=1S/C26H27FO4.C24H25FO3.C4H6O3/c1-4-18-10-13-21(19-8-11-20(27)12-9-19)16(2)22(18)23-24(30-17(3)28)26(31-25(23)29)14-6-5-7-15-26;1-3-16-9-12-19(17-7-10-18(25)11-8-17)15(2)20(16)21-22(26)24(28-23(21)27)13-5-4-6-14-24;1-3(5)7-4(2)6/h8-13H,4-7,14-15H2,1-3H3;7-12,26H,3-6,13-14H2,1-2H3;1-2H3. The van der Waals surface area contributed by atoms with Gasteiger partial charge >= 0.3 is 29.8 Å². The highest BCUT2D eigenvalue weighted by atomic mass is 19.1. The molecule has 10 nitrogen and oxygen atoms in total. The van der Waals surface area contributed by atoms with Crippen molar-refractivity contribution in [3.63, 3.8) is 0 Å². The molecule has 348 valence electrons. The molecule has 4 aromatic rings. The van der Waals surface area contributed by atoms with Gasteiger partial charge in [0.1, 0.15) is 22.8 Å². The van der Waals surface area contributed by atoms with Gasteiger partial charge in [0.25, 0.3) is 0 Å². The number of aliphatic hydroxyl groups excluding tert-OH is 1. The van der Waals surface area contributed by atoms with Gasteiger partial charge in [-0.1, -0.05) is 75.2 Å². The number of ether oxygens (including phenoxy) is 4. The quantitative estimate of drug-likeness (QED) is 0.108. The molecule has 0 bridgehead atoms. The van der Waals surface area contributed by atoms with E-state index in [2.05, 4.69) is 4.74 Å². The molecular weight excluding hydrogens is 847 g/mol. The van der Waals surface area contributed by atoms with E-state index in [-0.39, 0.29) is 17.4 Å². The lowest BCUT2D eigenvalue weighted by molar-refractivity contribution is -0.156. The van der Waals surface area contributed by atoms with Crippen molar-refractivity contribution in [3.05, 3.63) is 129 Å². The number of hydrogen-bond acceptors (Lipinski definition) is 10. The minimum atomic E-state index is -0.861. The largest absolute Gasteiger partial charge is 0.507 e. The first-order chi connectivity index (χ1) is 31.5. The van der Waals surface area contributed by atoms with E-state index in [4.69, 9.17) is 14.2 Å². The van der Waals surface area contributed by atoms with Gasteiger partial charge < -0.3 is 24.1 Å². The number of aliphatic hydroxyl groups is 1. The topological polar surface area (TPSA) is 143 Å². The Balaban J connectivity index is 0.000000192. The minimum Gasteiger partial charge on any atom is -0.507 e. The van der Waals surface area contributed by atoms with Crippen molar-refractivity contribution < 1.29 is 56.8 Å². The first-order valence-corrected chi connectivity index (χ1v) is 22.8. The lowest BCUT2D eigenvalue weighted by atomic mass is 9.81. The molecule has 2 aliphatic carbocycles. The first kappa shape index (κ1) is 49.0. The first-order valence-electron chi connectivity index (χ1n) is 22.8.